The van der Waals surface area contributed by atoms with Crippen molar-refractivity contribution in [3.63, 3.8) is 0 Å². The van der Waals surface area contributed by atoms with Crippen molar-refractivity contribution >= 4 is 17.7 Å². The fourth-order valence-corrected chi connectivity index (χ4v) is 1.95. The van der Waals surface area contributed by atoms with Gasteiger partial charge in [0.2, 0.25) is 11.8 Å². The van der Waals surface area contributed by atoms with Gasteiger partial charge in [-0.25, -0.2) is 0 Å². The maximum absolute atomic E-state index is 11.9. The fourth-order valence-electron chi connectivity index (χ4n) is 1.95. The van der Waals surface area contributed by atoms with E-state index in [0.717, 1.165) is 6.42 Å². The first-order chi connectivity index (χ1) is 9.66. The van der Waals surface area contributed by atoms with Crippen LogP contribution in [0.1, 0.15) is 23.4 Å². The van der Waals surface area contributed by atoms with Gasteiger partial charge >= 0.3 is 0 Å². The lowest BCUT2D eigenvalue weighted by molar-refractivity contribution is -0.135. The predicted molar refractivity (Wildman–Crippen MR) is 69.9 cm³/mol. The Kier molecular flexibility index (Phi) is 4.75. The average Bonchev–Trinajstić information content (AvgIpc) is 2.87. The topological polar surface area (TPSA) is 91.7 Å². The summed E-state index contributed by atoms with van der Waals surface area (Å²) in [6.07, 6.45) is 2.33. The van der Waals surface area contributed by atoms with Crippen molar-refractivity contribution in [3.8, 4) is 0 Å². The molecular weight excluding hydrogens is 262 g/mol. The van der Waals surface area contributed by atoms with Crippen LogP contribution in [0.5, 0.6) is 0 Å². The Hall–Kier alpha value is -2.31. The monoisotopic (exact) mass is 279 g/mol. The fraction of sp³-hybridized carbons (Fsp3) is 0.462. The van der Waals surface area contributed by atoms with Crippen LogP contribution in [0, 0.1) is 0 Å². The van der Waals surface area contributed by atoms with Crippen LogP contribution >= 0.6 is 0 Å². The smallest absolute Gasteiger partial charge is 0.286 e. The molecule has 2 N–H and O–H groups in total. The summed E-state index contributed by atoms with van der Waals surface area (Å²) < 4.78 is 4.94. The molecule has 1 aliphatic rings. The van der Waals surface area contributed by atoms with Crippen LogP contribution < -0.4 is 10.6 Å². The van der Waals surface area contributed by atoms with E-state index >= 15 is 0 Å². The summed E-state index contributed by atoms with van der Waals surface area (Å²) in [6, 6.07) is 3.17. The number of nitrogens with one attached hydrogen (secondary N) is 2. The lowest BCUT2D eigenvalue weighted by Crippen LogP contribution is -2.39. The number of amides is 3. The lowest BCUT2D eigenvalue weighted by atomic mass is 10.3. The van der Waals surface area contributed by atoms with Crippen LogP contribution in [0.25, 0.3) is 0 Å². The average molecular weight is 279 g/mol. The molecule has 1 saturated heterocycles. The van der Waals surface area contributed by atoms with Crippen molar-refractivity contribution in [3.05, 3.63) is 24.2 Å². The minimum Gasteiger partial charge on any atom is -0.459 e. The molecule has 1 aromatic heterocycles. The van der Waals surface area contributed by atoms with Crippen LogP contribution in [-0.2, 0) is 9.59 Å². The van der Waals surface area contributed by atoms with E-state index in [4.69, 9.17) is 4.42 Å². The van der Waals surface area contributed by atoms with Gasteiger partial charge in [-0.3, -0.25) is 14.4 Å². The maximum atomic E-state index is 11.9. The molecule has 7 heteroatoms. The molecule has 2 rings (SSSR count). The standard InChI is InChI=1S/C13H17N3O4/c17-11-9-16(7-2-5-14-11)12(18)4-6-15-13(19)10-3-1-8-20-10/h1,3,8H,2,4-7,9H2,(H,14,17)(H,15,19). The van der Waals surface area contributed by atoms with Gasteiger partial charge < -0.3 is 20.0 Å². The Balaban J connectivity index is 1.74. The SMILES string of the molecule is O=C1CN(C(=O)CCNC(=O)c2ccco2)CCCN1. The van der Waals surface area contributed by atoms with Crippen molar-refractivity contribution < 1.29 is 18.8 Å². The quantitative estimate of drug-likeness (QED) is 0.795. The molecule has 0 atom stereocenters. The molecular formula is C13H17N3O4. The molecule has 20 heavy (non-hydrogen) atoms. The Morgan fingerprint density at radius 2 is 2.30 bits per heavy atom. The van der Waals surface area contributed by atoms with Crippen molar-refractivity contribution in [2.24, 2.45) is 0 Å². The van der Waals surface area contributed by atoms with E-state index in [1.165, 1.54) is 11.2 Å². The van der Waals surface area contributed by atoms with E-state index < -0.39 is 0 Å². The van der Waals surface area contributed by atoms with Crippen molar-refractivity contribution in [1.82, 2.24) is 15.5 Å². The highest BCUT2D eigenvalue weighted by Gasteiger charge is 2.19. The first-order valence-corrected chi connectivity index (χ1v) is 6.53. The predicted octanol–water partition coefficient (Wildman–Crippen LogP) is -0.252. The van der Waals surface area contributed by atoms with Crippen molar-refractivity contribution in [2.45, 2.75) is 12.8 Å². The summed E-state index contributed by atoms with van der Waals surface area (Å²) in [4.78, 5) is 36.4. The molecule has 0 aliphatic carbocycles. The van der Waals surface area contributed by atoms with E-state index in [9.17, 15) is 14.4 Å². The third-order valence-corrected chi connectivity index (χ3v) is 2.98. The molecule has 0 bridgehead atoms. The van der Waals surface area contributed by atoms with Crippen LogP contribution in [-0.4, -0.2) is 48.8 Å². The number of hydrogen-bond donors (Lipinski definition) is 2. The van der Waals surface area contributed by atoms with Gasteiger partial charge in [0.1, 0.15) is 0 Å². The van der Waals surface area contributed by atoms with Crippen molar-refractivity contribution in [1.29, 1.82) is 0 Å². The number of nitrogens with zero attached hydrogens (tertiary/aromatic N) is 1. The van der Waals surface area contributed by atoms with E-state index in [-0.39, 0.29) is 43.0 Å². The molecule has 1 aliphatic heterocycles. The van der Waals surface area contributed by atoms with E-state index in [2.05, 4.69) is 10.6 Å². The Bertz CT molecular complexity index is 484. The van der Waals surface area contributed by atoms with Crippen LogP contribution in [0.4, 0.5) is 0 Å². The molecule has 1 fully saturated rings. The molecule has 1 aromatic rings. The summed E-state index contributed by atoms with van der Waals surface area (Å²) in [6.45, 7) is 1.46. The summed E-state index contributed by atoms with van der Waals surface area (Å²) in [7, 11) is 0. The summed E-state index contributed by atoms with van der Waals surface area (Å²) in [5.74, 6) is -0.416. The number of carbonyl (C=O) groups is 3. The second kappa shape index (κ2) is 6.74. The summed E-state index contributed by atoms with van der Waals surface area (Å²) >= 11 is 0. The molecule has 0 unspecified atom stereocenters. The van der Waals surface area contributed by atoms with Crippen LogP contribution in [0.2, 0.25) is 0 Å². The van der Waals surface area contributed by atoms with Gasteiger partial charge in [0.25, 0.3) is 5.91 Å². The first-order valence-electron chi connectivity index (χ1n) is 6.53. The molecule has 7 nitrogen and oxygen atoms in total. The molecule has 3 amide bonds. The second-order valence-electron chi connectivity index (χ2n) is 4.50. The van der Waals surface area contributed by atoms with Crippen LogP contribution in [0.3, 0.4) is 0 Å². The molecule has 2 heterocycles. The highest BCUT2D eigenvalue weighted by molar-refractivity contribution is 5.91. The molecule has 108 valence electrons. The lowest BCUT2D eigenvalue weighted by Gasteiger charge is -2.18. The summed E-state index contributed by atoms with van der Waals surface area (Å²) in [5.41, 5.74) is 0. The van der Waals surface area contributed by atoms with Crippen LogP contribution in [0.15, 0.2) is 22.8 Å². The highest BCUT2D eigenvalue weighted by atomic mass is 16.3. The van der Waals surface area contributed by atoms with E-state index in [0.29, 0.717) is 13.1 Å². The zero-order chi connectivity index (χ0) is 14.4. The number of hydrogen-bond acceptors (Lipinski definition) is 4. The molecule has 0 spiro atoms. The molecule has 0 aromatic carbocycles. The third kappa shape index (κ3) is 3.84. The van der Waals surface area contributed by atoms with Gasteiger partial charge in [-0.1, -0.05) is 0 Å². The molecule has 0 radical (unpaired) electrons. The van der Waals surface area contributed by atoms with Gasteiger partial charge in [0.15, 0.2) is 5.76 Å². The zero-order valence-corrected chi connectivity index (χ0v) is 11.1. The number of carbonyl (C=O) groups excluding carboxylic acids is 3. The van der Waals surface area contributed by atoms with Gasteiger partial charge in [-0.15, -0.1) is 0 Å². The Morgan fingerprint density at radius 3 is 3.05 bits per heavy atom. The third-order valence-electron chi connectivity index (χ3n) is 2.98. The number of rotatable bonds is 4. The van der Waals surface area contributed by atoms with Gasteiger partial charge in [-0.05, 0) is 18.6 Å². The van der Waals surface area contributed by atoms with E-state index in [1.807, 2.05) is 0 Å². The largest absolute Gasteiger partial charge is 0.459 e. The molecule has 0 saturated carbocycles. The van der Waals surface area contributed by atoms with Gasteiger partial charge in [-0.2, -0.15) is 0 Å². The zero-order valence-electron chi connectivity index (χ0n) is 11.1. The highest BCUT2D eigenvalue weighted by Crippen LogP contribution is 2.01. The minimum absolute atomic E-state index is 0.0883. The van der Waals surface area contributed by atoms with Gasteiger partial charge in [0.05, 0.1) is 12.8 Å². The van der Waals surface area contributed by atoms with Gasteiger partial charge in [0, 0.05) is 26.1 Å². The Labute approximate surface area is 116 Å². The number of furan rings is 1. The maximum Gasteiger partial charge on any atom is 0.286 e. The summed E-state index contributed by atoms with van der Waals surface area (Å²) in [5, 5.41) is 5.31. The first kappa shape index (κ1) is 14.1. The minimum atomic E-state index is -0.351. The van der Waals surface area contributed by atoms with Crippen molar-refractivity contribution in [2.75, 3.05) is 26.2 Å². The van der Waals surface area contributed by atoms with E-state index in [1.54, 1.807) is 12.1 Å². The second-order valence-corrected chi connectivity index (χ2v) is 4.50. The normalized spacial score (nSPS) is 15.4. The Morgan fingerprint density at radius 1 is 1.45 bits per heavy atom.